The maximum Gasteiger partial charge on any atom is 0.274 e. The van der Waals surface area contributed by atoms with Gasteiger partial charge in [0.15, 0.2) is 0 Å². The molecule has 0 saturated heterocycles. The number of hydrogen-bond acceptors (Lipinski definition) is 2. The van der Waals surface area contributed by atoms with Crippen molar-refractivity contribution in [2.45, 2.75) is 6.42 Å². The molecule has 2 aromatic carbocycles. The van der Waals surface area contributed by atoms with E-state index in [1.807, 2.05) is 30.3 Å². The first kappa shape index (κ1) is 13.0. The minimum atomic E-state index is -0.557. The fourth-order valence-electron chi connectivity index (χ4n) is 1.57. The molecule has 2 aromatic rings. The quantitative estimate of drug-likeness (QED) is 0.663. The van der Waals surface area contributed by atoms with Crippen LogP contribution in [-0.2, 0) is 6.42 Å². The molecule has 3 nitrogen and oxygen atoms in total. The summed E-state index contributed by atoms with van der Waals surface area (Å²) < 4.78 is 13.3. The van der Waals surface area contributed by atoms with Gasteiger partial charge in [-0.2, -0.15) is 5.10 Å². The van der Waals surface area contributed by atoms with Crippen molar-refractivity contribution in [3.63, 3.8) is 0 Å². The fraction of sp³-hybridized carbons (Fsp3) is 0.0667. The van der Waals surface area contributed by atoms with Gasteiger partial charge in [-0.25, -0.2) is 9.82 Å². The van der Waals surface area contributed by atoms with Gasteiger partial charge < -0.3 is 0 Å². The number of carbonyl (C=O) groups is 1. The largest absolute Gasteiger partial charge is 0.274 e. The van der Waals surface area contributed by atoms with Crippen molar-refractivity contribution in [1.82, 2.24) is 5.43 Å². The Hall–Kier alpha value is -2.49. The minimum Gasteiger partial charge on any atom is -0.267 e. The van der Waals surface area contributed by atoms with Gasteiger partial charge in [-0.05, 0) is 17.7 Å². The van der Waals surface area contributed by atoms with Crippen LogP contribution in [0.3, 0.4) is 0 Å². The van der Waals surface area contributed by atoms with E-state index in [-0.39, 0.29) is 5.56 Å². The molecule has 0 saturated carbocycles. The molecule has 96 valence electrons. The predicted molar refractivity (Wildman–Crippen MR) is 72.5 cm³/mol. The highest BCUT2D eigenvalue weighted by Crippen LogP contribution is 2.05. The van der Waals surface area contributed by atoms with Gasteiger partial charge in [-0.15, -0.1) is 0 Å². The zero-order chi connectivity index (χ0) is 13.5. The predicted octanol–water partition coefficient (Wildman–Crippen LogP) is 2.78. The normalized spacial score (nSPS) is 10.6. The van der Waals surface area contributed by atoms with E-state index in [2.05, 4.69) is 10.5 Å². The highest BCUT2D eigenvalue weighted by Gasteiger charge is 2.08. The van der Waals surface area contributed by atoms with Gasteiger partial charge in [0.25, 0.3) is 5.91 Å². The van der Waals surface area contributed by atoms with Gasteiger partial charge in [0.1, 0.15) is 5.82 Å². The third-order valence-electron chi connectivity index (χ3n) is 2.55. The van der Waals surface area contributed by atoms with E-state index in [1.54, 1.807) is 12.3 Å². The molecule has 0 heterocycles. The van der Waals surface area contributed by atoms with Crippen molar-refractivity contribution in [3.05, 3.63) is 71.5 Å². The molecule has 1 N–H and O–H groups in total. The lowest BCUT2D eigenvalue weighted by atomic mass is 10.2. The first-order valence-electron chi connectivity index (χ1n) is 5.87. The number of halogens is 1. The Morgan fingerprint density at radius 3 is 2.53 bits per heavy atom. The van der Waals surface area contributed by atoms with E-state index in [0.717, 1.165) is 5.56 Å². The average Bonchev–Trinajstić information content (AvgIpc) is 2.45. The van der Waals surface area contributed by atoms with Gasteiger partial charge in [-0.3, -0.25) is 4.79 Å². The molecule has 0 aliphatic heterocycles. The Labute approximate surface area is 110 Å². The molecule has 0 spiro atoms. The van der Waals surface area contributed by atoms with Crippen molar-refractivity contribution < 1.29 is 9.18 Å². The third-order valence-corrected chi connectivity index (χ3v) is 2.55. The Bertz CT molecular complexity index is 582. The average molecular weight is 256 g/mol. The van der Waals surface area contributed by atoms with Crippen molar-refractivity contribution in [2.24, 2.45) is 5.10 Å². The van der Waals surface area contributed by atoms with Crippen LogP contribution in [0.2, 0.25) is 0 Å². The second kappa shape index (κ2) is 6.44. The van der Waals surface area contributed by atoms with Crippen LogP contribution in [0.25, 0.3) is 0 Å². The molecule has 0 atom stereocenters. The number of hydrogen-bond donors (Lipinski definition) is 1. The minimum absolute atomic E-state index is 0.0145. The van der Waals surface area contributed by atoms with Gasteiger partial charge in [-0.1, -0.05) is 42.5 Å². The van der Waals surface area contributed by atoms with Crippen LogP contribution in [0.4, 0.5) is 4.39 Å². The number of amides is 1. The van der Waals surface area contributed by atoms with Crippen LogP contribution in [-0.4, -0.2) is 12.1 Å². The van der Waals surface area contributed by atoms with Crippen molar-refractivity contribution in [3.8, 4) is 0 Å². The lowest BCUT2D eigenvalue weighted by molar-refractivity contribution is 0.0951. The molecule has 0 bridgehead atoms. The molecule has 0 aliphatic carbocycles. The summed E-state index contributed by atoms with van der Waals surface area (Å²) >= 11 is 0. The first-order valence-corrected chi connectivity index (χ1v) is 5.87. The summed E-state index contributed by atoms with van der Waals surface area (Å²) in [5.41, 5.74) is 3.38. The Balaban J connectivity index is 1.89. The van der Waals surface area contributed by atoms with Crippen LogP contribution in [0.5, 0.6) is 0 Å². The number of nitrogens with one attached hydrogen (secondary N) is 1. The maximum atomic E-state index is 13.3. The number of nitrogens with zero attached hydrogens (tertiary/aromatic N) is 1. The van der Waals surface area contributed by atoms with Gasteiger partial charge in [0, 0.05) is 12.6 Å². The number of benzene rings is 2. The molecular weight excluding hydrogens is 243 g/mol. The molecule has 19 heavy (non-hydrogen) atoms. The van der Waals surface area contributed by atoms with Crippen LogP contribution in [0, 0.1) is 5.82 Å². The molecular formula is C15H13FN2O. The van der Waals surface area contributed by atoms with Crippen molar-refractivity contribution in [1.29, 1.82) is 0 Å². The van der Waals surface area contributed by atoms with Gasteiger partial charge >= 0.3 is 0 Å². The van der Waals surface area contributed by atoms with Crippen LogP contribution in [0.15, 0.2) is 59.7 Å². The van der Waals surface area contributed by atoms with Crippen LogP contribution < -0.4 is 5.43 Å². The van der Waals surface area contributed by atoms with Gasteiger partial charge in [0.2, 0.25) is 0 Å². The molecule has 0 radical (unpaired) electrons. The van der Waals surface area contributed by atoms with E-state index in [4.69, 9.17) is 0 Å². The molecule has 0 unspecified atom stereocenters. The lowest BCUT2D eigenvalue weighted by Gasteiger charge is -2.00. The first-order chi connectivity index (χ1) is 9.27. The summed E-state index contributed by atoms with van der Waals surface area (Å²) in [6, 6.07) is 15.5. The molecule has 1 amide bonds. The summed E-state index contributed by atoms with van der Waals surface area (Å²) in [7, 11) is 0. The molecule has 0 aromatic heterocycles. The molecule has 0 fully saturated rings. The Kier molecular flexibility index (Phi) is 4.39. The Morgan fingerprint density at radius 2 is 1.79 bits per heavy atom. The SMILES string of the molecule is O=C(N/N=C/Cc1ccccc1)c1ccccc1F. The van der Waals surface area contributed by atoms with E-state index in [1.165, 1.54) is 18.2 Å². The monoisotopic (exact) mass is 256 g/mol. The topological polar surface area (TPSA) is 41.5 Å². The number of rotatable bonds is 4. The summed E-state index contributed by atoms with van der Waals surface area (Å²) in [5.74, 6) is -1.11. The van der Waals surface area contributed by atoms with Crippen molar-refractivity contribution >= 4 is 12.1 Å². The molecule has 4 heteroatoms. The summed E-state index contributed by atoms with van der Waals surface area (Å²) in [5, 5.41) is 3.79. The highest BCUT2D eigenvalue weighted by atomic mass is 19.1. The van der Waals surface area contributed by atoms with E-state index in [0.29, 0.717) is 6.42 Å². The Morgan fingerprint density at radius 1 is 1.11 bits per heavy atom. The zero-order valence-corrected chi connectivity index (χ0v) is 10.2. The summed E-state index contributed by atoms with van der Waals surface area (Å²) in [6.07, 6.45) is 2.19. The third kappa shape index (κ3) is 3.74. The standard InChI is InChI=1S/C15H13FN2O/c16-14-9-5-4-8-13(14)15(19)18-17-11-10-12-6-2-1-3-7-12/h1-9,11H,10H2,(H,18,19)/b17-11+. The van der Waals surface area contributed by atoms with E-state index >= 15 is 0 Å². The van der Waals surface area contributed by atoms with Crippen molar-refractivity contribution in [2.75, 3.05) is 0 Å². The summed E-state index contributed by atoms with van der Waals surface area (Å²) in [6.45, 7) is 0. The second-order valence-corrected chi connectivity index (χ2v) is 3.92. The highest BCUT2D eigenvalue weighted by molar-refractivity contribution is 5.94. The van der Waals surface area contributed by atoms with Crippen LogP contribution in [0.1, 0.15) is 15.9 Å². The lowest BCUT2D eigenvalue weighted by Crippen LogP contribution is -2.19. The zero-order valence-electron chi connectivity index (χ0n) is 10.2. The molecule has 0 aliphatic rings. The molecule has 2 rings (SSSR count). The number of hydrazone groups is 1. The maximum absolute atomic E-state index is 13.3. The fourth-order valence-corrected chi connectivity index (χ4v) is 1.57. The van der Waals surface area contributed by atoms with Crippen LogP contribution >= 0.6 is 0 Å². The van der Waals surface area contributed by atoms with E-state index < -0.39 is 11.7 Å². The van der Waals surface area contributed by atoms with E-state index in [9.17, 15) is 9.18 Å². The number of carbonyl (C=O) groups excluding carboxylic acids is 1. The smallest absolute Gasteiger partial charge is 0.267 e. The summed E-state index contributed by atoms with van der Waals surface area (Å²) in [4.78, 5) is 11.6. The van der Waals surface area contributed by atoms with Gasteiger partial charge in [0.05, 0.1) is 5.56 Å². The second-order valence-electron chi connectivity index (χ2n) is 3.92.